The van der Waals surface area contributed by atoms with Crippen LogP contribution in [-0.4, -0.2) is 16.2 Å². The molecule has 13 rings (SSSR count). The van der Waals surface area contributed by atoms with Gasteiger partial charge in [-0.3, -0.25) is 4.48 Å². The van der Waals surface area contributed by atoms with Crippen LogP contribution in [0.4, 0.5) is 22.7 Å². The summed E-state index contributed by atoms with van der Waals surface area (Å²) < 4.78 is 82.3. The zero-order chi connectivity index (χ0) is 60.9. The van der Waals surface area contributed by atoms with Gasteiger partial charge in [0.15, 0.2) is 18.0 Å². The summed E-state index contributed by atoms with van der Waals surface area (Å²) in [5, 5.41) is 2.04. The maximum atomic E-state index is 9.47. The molecule has 0 saturated carbocycles. The molecule has 5 heterocycles. The summed E-state index contributed by atoms with van der Waals surface area (Å²) in [6.07, 6.45) is 1.87. The predicted octanol–water partition coefficient (Wildman–Crippen LogP) is 19.5. The van der Waals surface area contributed by atoms with Gasteiger partial charge in [-0.05, 0) is 103 Å². The van der Waals surface area contributed by atoms with Gasteiger partial charge >= 0.3 is 0 Å². The van der Waals surface area contributed by atoms with E-state index in [0.717, 1.165) is 83.5 Å². The van der Waals surface area contributed by atoms with Crippen molar-refractivity contribution in [1.82, 2.24) is 18.5 Å². The van der Waals surface area contributed by atoms with E-state index in [1.54, 1.807) is 12.1 Å². The Labute approximate surface area is 488 Å². The Morgan fingerprint density at radius 1 is 0.551 bits per heavy atom. The van der Waals surface area contributed by atoms with Crippen LogP contribution >= 0.6 is 0 Å². The molecule has 6 heteroatoms. The molecule has 0 aliphatic carbocycles. The van der Waals surface area contributed by atoms with Gasteiger partial charge in [0.05, 0.1) is 13.5 Å². The minimum Gasteiger partial charge on any atom is -0.509 e. The molecule has 2 atom stereocenters. The molecule has 2 bridgehead atoms. The maximum absolute atomic E-state index is 9.47. The van der Waals surface area contributed by atoms with Gasteiger partial charge in [0.1, 0.15) is 11.5 Å². The molecular formula is C72H71N4OPt-. The zero-order valence-electron chi connectivity index (χ0n) is 54.7. The minimum atomic E-state index is -2.58. The van der Waals surface area contributed by atoms with Crippen LogP contribution in [0.3, 0.4) is 0 Å². The summed E-state index contributed by atoms with van der Waals surface area (Å²) >= 11 is 0. The van der Waals surface area contributed by atoms with E-state index < -0.39 is 30.4 Å². The topological polar surface area (TPSA) is 27.1 Å². The van der Waals surface area contributed by atoms with Crippen molar-refractivity contribution in [3.63, 3.8) is 0 Å². The van der Waals surface area contributed by atoms with Crippen LogP contribution in [0.1, 0.15) is 122 Å². The predicted molar refractivity (Wildman–Crippen MR) is 324 cm³/mol. The molecule has 0 N–H and O–H groups in total. The molecule has 8 aromatic carbocycles. The number of aryl methyl sites for hydroxylation is 1. The van der Waals surface area contributed by atoms with E-state index >= 15 is 0 Å². The van der Waals surface area contributed by atoms with Crippen LogP contribution in [0.5, 0.6) is 11.5 Å². The van der Waals surface area contributed by atoms with E-state index in [0.29, 0.717) is 28.4 Å². The standard InChI is InChI=1S/C72H71N4O.Pt/c1-47-22-20-29-65-67(47)76(68-59(49-25-18-15-19-26-49)27-21-28-60(68)51-36-53(70(5,6)7)39-54(37-51)71(8,9)10)45-75(65,46-76)56-40-55(72(11,12)13)41-58(43-56)77-57-31-32-61-62-38-50(48-23-16-14-17-24-48)30-33-63(62)74(64(61)44-57)66-42-52(34-35-73-66)69(2,3)4;/h14-42,45H,46H2,1-13H3;/q-1;/t75-,76-;/m1./s1/i1D3,15D,18D,19D,25D,26D;. The van der Waals surface area contributed by atoms with Crippen molar-refractivity contribution in [1.29, 1.82) is 0 Å². The van der Waals surface area contributed by atoms with Gasteiger partial charge in [-0.2, -0.15) is 6.07 Å². The number of rotatable bonds is 8. The normalized spacial score (nSPS) is 18.8. The van der Waals surface area contributed by atoms with Crippen LogP contribution in [0.2, 0.25) is 0 Å². The van der Waals surface area contributed by atoms with E-state index in [9.17, 15) is 6.85 Å². The number of hydrogen-bond donors (Lipinski definition) is 0. The Kier molecular flexibility index (Phi) is 10.7. The number of fused-ring (bicyclic) bond motifs is 3. The fraction of sp³-hybridized carbons (Fsp3) is 0.250. The third-order valence-corrected chi connectivity index (χ3v) is 15.8. The summed E-state index contributed by atoms with van der Waals surface area (Å²) in [6, 6.07) is 52.5. The Hall–Kier alpha value is -6.88. The number of aromatic nitrogens is 2. The third kappa shape index (κ3) is 8.97. The van der Waals surface area contributed by atoms with E-state index in [-0.39, 0.29) is 76.2 Å². The quantitative estimate of drug-likeness (QED) is 0.112. The summed E-state index contributed by atoms with van der Waals surface area (Å²) in [7, 11) is 0. The monoisotopic (exact) mass is 1210 g/mol. The van der Waals surface area contributed by atoms with Crippen molar-refractivity contribution in [3.8, 4) is 50.7 Å². The fourth-order valence-electron chi connectivity index (χ4n) is 11.5. The van der Waals surface area contributed by atoms with Gasteiger partial charge in [0.2, 0.25) is 0 Å². The second-order valence-electron chi connectivity index (χ2n) is 25.3. The Balaban J connectivity index is 0.00000768. The number of benzene rings is 8. The average Bonchev–Trinajstić information content (AvgIpc) is 1.47. The van der Waals surface area contributed by atoms with Gasteiger partial charge in [-0.25, -0.2) is 4.98 Å². The second kappa shape index (κ2) is 18.9. The molecule has 396 valence electrons. The average molecular weight is 1210 g/mol. The van der Waals surface area contributed by atoms with E-state index in [2.05, 4.69) is 191 Å². The largest absolute Gasteiger partial charge is 0.509 e. The Morgan fingerprint density at radius 3 is 1.87 bits per heavy atom. The first-order valence-corrected chi connectivity index (χ1v) is 26.7. The molecular weight excluding hydrogens is 1130 g/mol. The molecule has 10 aromatic rings. The zero-order valence-corrected chi connectivity index (χ0v) is 48.9. The maximum Gasteiger partial charge on any atom is 0.184 e. The number of hydrogen-bond acceptors (Lipinski definition) is 2. The Morgan fingerprint density at radius 2 is 1.21 bits per heavy atom. The number of pyridine rings is 1. The molecule has 0 spiro atoms. The van der Waals surface area contributed by atoms with Crippen molar-refractivity contribution in [3.05, 3.63) is 223 Å². The molecule has 0 radical (unpaired) electrons. The van der Waals surface area contributed by atoms with E-state index in [4.69, 9.17) is 13.8 Å². The van der Waals surface area contributed by atoms with E-state index in [1.165, 1.54) is 0 Å². The third-order valence-electron chi connectivity index (χ3n) is 15.8. The number of para-hydroxylation sites is 2. The van der Waals surface area contributed by atoms with Crippen molar-refractivity contribution >= 4 is 44.6 Å². The summed E-state index contributed by atoms with van der Waals surface area (Å²) in [5.74, 6) is 1.67. The minimum absolute atomic E-state index is 0. The number of quaternary nitrogens is 2. The van der Waals surface area contributed by atoms with Crippen molar-refractivity contribution in [2.45, 2.75) is 112 Å². The molecule has 0 unspecified atom stereocenters. The van der Waals surface area contributed by atoms with Crippen molar-refractivity contribution in [2.75, 3.05) is 6.67 Å². The molecule has 0 amide bonds. The van der Waals surface area contributed by atoms with Gasteiger partial charge in [-0.1, -0.05) is 204 Å². The first kappa shape index (κ1) is 44.0. The molecule has 1 saturated heterocycles. The van der Waals surface area contributed by atoms with Crippen molar-refractivity contribution < 1.29 is 36.8 Å². The Bertz CT molecular complexity index is 4320. The summed E-state index contributed by atoms with van der Waals surface area (Å²) in [5.41, 5.74) is 12.0. The van der Waals surface area contributed by atoms with Crippen LogP contribution < -0.4 is 13.7 Å². The molecule has 3 aliphatic heterocycles. The molecule has 78 heavy (non-hydrogen) atoms. The van der Waals surface area contributed by atoms with E-state index in [1.807, 2.05) is 48.7 Å². The molecule has 3 aliphatic rings. The second-order valence-corrected chi connectivity index (χ2v) is 25.3. The molecule has 5 nitrogen and oxygen atoms in total. The molecule has 1 fully saturated rings. The SMILES string of the molecule is [2H]c1c([2H])c([2H])c(-c2cccc(-c3cc(C(C)(C)C)cc(C(C)(C)C)c3)c2[N@+]23[CH-][N@+](c4[c-]c(Oc5[c-]c6c(cc5)c5cc(-c7ccccc7)ccc5n6-c5cc(C(C)(C)C)ccn5)cc(C(C)(C)C)c4)(C2)c2cccc(C([2H])([2H])[2H])c23)c([2H])c1[2H].[Pt]. The van der Waals surface area contributed by atoms with Crippen molar-refractivity contribution in [2.24, 2.45) is 0 Å². The summed E-state index contributed by atoms with van der Waals surface area (Å²) in [4.78, 5) is 4.97. The molecule has 2 aromatic heterocycles. The fourth-order valence-corrected chi connectivity index (χ4v) is 11.5. The van der Waals surface area contributed by atoms with Crippen LogP contribution in [0.25, 0.3) is 61.0 Å². The number of nitrogens with zero attached hydrogens (tertiary/aromatic N) is 4. The first-order chi connectivity index (χ1) is 39.8. The van der Waals surface area contributed by atoms with Crippen LogP contribution in [0.15, 0.2) is 176 Å². The van der Waals surface area contributed by atoms with Gasteiger partial charge in [0.25, 0.3) is 0 Å². The van der Waals surface area contributed by atoms with Crippen LogP contribution in [-0.2, 0) is 42.7 Å². The smallest absolute Gasteiger partial charge is 0.184 e. The summed E-state index contributed by atoms with van der Waals surface area (Å²) in [6.45, 7) is 25.9. The van der Waals surface area contributed by atoms with Gasteiger partial charge in [-0.15, -0.1) is 35.2 Å². The van der Waals surface area contributed by atoms with Crippen LogP contribution in [0, 0.1) is 25.7 Å². The number of ether oxygens (including phenoxy) is 1. The first-order valence-electron chi connectivity index (χ1n) is 30.7. The van der Waals surface area contributed by atoms with Gasteiger partial charge < -0.3 is 13.8 Å². The van der Waals surface area contributed by atoms with Gasteiger partial charge in [0, 0.05) is 76.8 Å².